The van der Waals surface area contributed by atoms with Crippen molar-refractivity contribution < 1.29 is 39.5 Å². The Morgan fingerprint density at radius 1 is 0.886 bits per heavy atom. The lowest BCUT2D eigenvalue weighted by molar-refractivity contribution is -0.137. The SMILES string of the molecule is O=C(Nc1ccc(S(=O)(=O)Nc2ccc(Cl)c(C(F)(F)F)c2)cc1)[C@H]1CN(S(=O)(=O)Cc2ccccc2)c2ccccc2O1. The highest BCUT2D eigenvalue weighted by molar-refractivity contribution is 7.92. The van der Waals surface area contributed by atoms with Crippen LogP contribution in [0.2, 0.25) is 5.02 Å². The van der Waals surface area contributed by atoms with Crippen LogP contribution in [0.3, 0.4) is 0 Å². The Kier molecular flexibility index (Phi) is 8.51. The molecule has 1 aliphatic rings. The molecule has 0 aromatic heterocycles. The van der Waals surface area contributed by atoms with E-state index in [9.17, 15) is 34.8 Å². The number of anilines is 3. The summed E-state index contributed by atoms with van der Waals surface area (Å²) in [6.45, 7) is -0.310. The first-order chi connectivity index (χ1) is 20.7. The Morgan fingerprint density at radius 3 is 2.20 bits per heavy atom. The van der Waals surface area contributed by atoms with E-state index >= 15 is 0 Å². The molecule has 1 aliphatic heterocycles. The van der Waals surface area contributed by atoms with Gasteiger partial charge in [-0.05, 0) is 60.2 Å². The van der Waals surface area contributed by atoms with Crippen molar-refractivity contribution in [3.05, 3.63) is 113 Å². The van der Waals surface area contributed by atoms with Gasteiger partial charge >= 0.3 is 6.18 Å². The summed E-state index contributed by atoms with van der Waals surface area (Å²) in [4.78, 5) is 12.9. The summed E-state index contributed by atoms with van der Waals surface area (Å²) in [6, 6.07) is 22.4. The van der Waals surface area contributed by atoms with Crippen molar-refractivity contribution in [1.29, 1.82) is 0 Å². The first kappa shape index (κ1) is 31.2. The average Bonchev–Trinajstić information content (AvgIpc) is 2.97. The smallest absolute Gasteiger partial charge is 0.417 e. The topological polar surface area (TPSA) is 122 Å². The fourth-order valence-electron chi connectivity index (χ4n) is 4.43. The Bertz CT molecular complexity index is 1910. The van der Waals surface area contributed by atoms with Crippen LogP contribution in [0.15, 0.2) is 102 Å². The van der Waals surface area contributed by atoms with Gasteiger partial charge < -0.3 is 10.1 Å². The maximum absolute atomic E-state index is 13.4. The number of alkyl halides is 3. The Hall–Kier alpha value is -4.27. The lowest BCUT2D eigenvalue weighted by Gasteiger charge is -2.34. The number of amides is 1. The predicted molar refractivity (Wildman–Crippen MR) is 160 cm³/mol. The van der Waals surface area contributed by atoms with Crippen molar-refractivity contribution >= 4 is 54.6 Å². The van der Waals surface area contributed by atoms with Crippen LogP contribution in [-0.2, 0) is 36.8 Å². The Morgan fingerprint density at radius 2 is 1.52 bits per heavy atom. The van der Waals surface area contributed by atoms with E-state index < -0.39 is 48.8 Å². The van der Waals surface area contributed by atoms with Crippen molar-refractivity contribution in [3.8, 4) is 5.75 Å². The summed E-state index contributed by atoms with van der Waals surface area (Å²) in [6.07, 6.45) is -6.03. The third-order valence-corrected chi connectivity index (χ3v) is 9.95. The average molecular weight is 666 g/mol. The lowest BCUT2D eigenvalue weighted by Crippen LogP contribution is -2.49. The summed E-state index contributed by atoms with van der Waals surface area (Å²) in [7, 11) is -8.23. The van der Waals surface area contributed by atoms with Crippen molar-refractivity contribution in [3.63, 3.8) is 0 Å². The molecule has 1 amide bonds. The maximum atomic E-state index is 13.4. The highest BCUT2D eigenvalue weighted by Crippen LogP contribution is 2.37. The molecule has 230 valence electrons. The van der Waals surface area contributed by atoms with Gasteiger partial charge in [-0.25, -0.2) is 16.8 Å². The molecule has 15 heteroatoms. The normalized spacial score (nSPS) is 15.2. The third-order valence-electron chi connectivity index (χ3n) is 6.51. The van der Waals surface area contributed by atoms with Crippen LogP contribution >= 0.6 is 11.6 Å². The second-order valence-corrected chi connectivity index (χ2v) is 13.6. The summed E-state index contributed by atoms with van der Waals surface area (Å²) in [5, 5.41) is 2.00. The molecular weight excluding hydrogens is 643 g/mol. The largest absolute Gasteiger partial charge is 0.476 e. The molecule has 0 aliphatic carbocycles. The molecule has 1 atom stereocenters. The molecule has 0 saturated heterocycles. The van der Waals surface area contributed by atoms with E-state index in [1.807, 2.05) is 0 Å². The lowest BCUT2D eigenvalue weighted by atomic mass is 10.2. The molecule has 0 fully saturated rings. The number of rotatable bonds is 8. The van der Waals surface area contributed by atoms with Gasteiger partial charge in [-0.15, -0.1) is 0 Å². The van der Waals surface area contributed by atoms with E-state index in [0.29, 0.717) is 11.6 Å². The van der Waals surface area contributed by atoms with Crippen LogP contribution < -0.4 is 19.1 Å². The molecule has 4 aromatic rings. The molecule has 0 spiro atoms. The van der Waals surface area contributed by atoms with Crippen LogP contribution in [0.5, 0.6) is 5.75 Å². The number of halogens is 4. The number of sulfonamides is 2. The second-order valence-electron chi connectivity index (χ2n) is 9.66. The number of nitrogens with one attached hydrogen (secondary N) is 2. The number of carbonyl (C=O) groups excluding carboxylic acids is 1. The van der Waals surface area contributed by atoms with Crippen molar-refractivity contribution in [2.75, 3.05) is 20.9 Å². The molecule has 44 heavy (non-hydrogen) atoms. The van der Waals surface area contributed by atoms with Gasteiger partial charge in [0, 0.05) is 11.4 Å². The van der Waals surface area contributed by atoms with E-state index in [4.69, 9.17) is 16.3 Å². The summed E-state index contributed by atoms with van der Waals surface area (Å²) in [5.41, 5.74) is -0.519. The van der Waals surface area contributed by atoms with Crippen molar-refractivity contribution in [2.45, 2.75) is 22.9 Å². The zero-order valence-corrected chi connectivity index (χ0v) is 24.8. The summed E-state index contributed by atoms with van der Waals surface area (Å²) < 4.78 is 101. The minimum absolute atomic E-state index is 0.168. The Balaban J connectivity index is 1.30. The highest BCUT2D eigenvalue weighted by Gasteiger charge is 2.37. The first-order valence-corrected chi connectivity index (χ1v) is 16.3. The fourth-order valence-corrected chi connectivity index (χ4v) is 7.28. The van der Waals surface area contributed by atoms with Crippen LogP contribution in [0.25, 0.3) is 0 Å². The third kappa shape index (κ3) is 6.93. The molecule has 9 nitrogen and oxygen atoms in total. The number of carbonyl (C=O) groups is 1. The van der Waals surface area contributed by atoms with Gasteiger partial charge in [-0.3, -0.25) is 13.8 Å². The molecule has 0 radical (unpaired) electrons. The van der Waals surface area contributed by atoms with Gasteiger partial charge in [0.2, 0.25) is 10.0 Å². The zero-order chi connectivity index (χ0) is 31.7. The standard InChI is InChI=1S/C29H23ClF3N3O6S2/c30-24-15-12-21(16-23(24)29(31,32)33)35-44(40,41)22-13-10-20(11-14-22)34-28(37)27-17-36(25-8-4-5-9-26(25)42-27)43(38,39)18-19-6-2-1-3-7-19/h1-16,27,35H,17-18H2,(H,34,37)/t27-/m1/s1. The van der Waals surface area contributed by atoms with Crippen molar-refractivity contribution in [1.82, 2.24) is 0 Å². The number of fused-ring (bicyclic) bond motifs is 1. The van der Waals surface area contributed by atoms with Gasteiger partial charge in [-0.1, -0.05) is 54.1 Å². The molecule has 5 rings (SSSR count). The van der Waals surface area contributed by atoms with E-state index in [1.54, 1.807) is 54.6 Å². The van der Waals surface area contributed by atoms with Gasteiger partial charge in [0.25, 0.3) is 15.9 Å². The molecule has 0 saturated carbocycles. The summed E-state index contributed by atoms with van der Waals surface area (Å²) in [5.74, 6) is -0.790. The number of hydrogen-bond donors (Lipinski definition) is 2. The number of benzene rings is 4. The number of para-hydroxylation sites is 2. The van der Waals surface area contributed by atoms with Gasteiger partial charge in [0.05, 0.1) is 33.5 Å². The number of nitrogens with zero attached hydrogens (tertiary/aromatic N) is 1. The van der Waals surface area contributed by atoms with Crippen LogP contribution in [-0.4, -0.2) is 35.4 Å². The Labute approximate surface area is 256 Å². The molecular formula is C29H23ClF3N3O6S2. The zero-order valence-electron chi connectivity index (χ0n) is 22.5. The predicted octanol–water partition coefficient (Wildman–Crippen LogP) is 5.90. The van der Waals surface area contributed by atoms with Gasteiger partial charge in [0.15, 0.2) is 6.10 Å². The molecule has 0 bridgehead atoms. The van der Waals surface area contributed by atoms with E-state index in [-0.39, 0.29) is 40.0 Å². The fraction of sp³-hybridized carbons (Fsp3) is 0.138. The van der Waals surface area contributed by atoms with Gasteiger partial charge in [-0.2, -0.15) is 13.2 Å². The quantitative estimate of drug-likeness (QED) is 0.242. The van der Waals surface area contributed by atoms with E-state index in [1.165, 1.54) is 12.1 Å². The first-order valence-electron chi connectivity index (χ1n) is 12.8. The maximum Gasteiger partial charge on any atom is 0.417 e. The minimum atomic E-state index is -4.79. The van der Waals surface area contributed by atoms with E-state index in [2.05, 4.69) is 10.0 Å². The molecule has 2 N–H and O–H groups in total. The molecule has 4 aromatic carbocycles. The van der Waals surface area contributed by atoms with Crippen LogP contribution in [0, 0.1) is 0 Å². The minimum Gasteiger partial charge on any atom is -0.476 e. The monoisotopic (exact) mass is 665 g/mol. The number of hydrogen-bond acceptors (Lipinski definition) is 6. The van der Waals surface area contributed by atoms with E-state index in [0.717, 1.165) is 28.6 Å². The van der Waals surface area contributed by atoms with Crippen molar-refractivity contribution in [2.24, 2.45) is 0 Å². The van der Waals surface area contributed by atoms with Crippen LogP contribution in [0.4, 0.5) is 30.2 Å². The summed E-state index contributed by atoms with van der Waals surface area (Å²) >= 11 is 5.60. The molecule has 1 heterocycles. The highest BCUT2D eigenvalue weighted by atomic mass is 35.5. The van der Waals surface area contributed by atoms with Gasteiger partial charge in [0.1, 0.15) is 5.75 Å². The second kappa shape index (κ2) is 12.0. The molecule has 0 unspecified atom stereocenters. The van der Waals surface area contributed by atoms with Crippen LogP contribution in [0.1, 0.15) is 11.1 Å². The number of ether oxygens (including phenoxy) is 1.